The number of rotatable bonds is 2. The average molecular weight is 329 g/mol. The maximum Gasteiger partial charge on any atom is 0.211 e. The minimum Gasteiger partial charge on any atom is -0.493 e. The fourth-order valence-electron chi connectivity index (χ4n) is 4.33. The van der Waals surface area contributed by atoms with Crippen molar-refractivity contribution in [2.75, 3.05) is 20.6 Å². The summed E-state index contributed by atoms with van der Waals surface area (Å²) in [4.78, 5) is 13.9. The zero-order valence-electron chi connectivity index (χ0n) is 25.8. The summed E-state index contributed by atoms with van der Waals surface area (Å²) in [5.41, 5.74) is -5.79. The van der Waals surface area contributed by atoms with E-state index in [-0.39, 0.29) is 5.56 Å². The summed E-state index contributed by atoms with van der Waals surface area (Å²) in [5, 5.41) is 5.06. The van der Waals surface area contributed by atoms with E-state index in [4.69, 9.17) is 32.5 Å². The van der Waals surface area contributed by atoms with Crippen LogP contribution >= 0.6 is 0 Å². The monoisotopic (exact) mass is 329 g/mol. The number of ketones is 1. The van der Waals surface area contributed by atoms with Crippen LogP contribution in [-0.2, 0) is 16.6 Å². The van der Waals surface area contributed by atoms with Crippen molar-refractivity contribution in [2.24, 2.45) is 0 Å². The molecule has 122 valence electrons. The minimum atomic E-state index is -3.23. The van der Waals surface area contributed by atoms with Gasteiger partial charge in [-0.2, -0.15) is 0 Å². The van der Waals surface area contributed by atoms with Crippen molar-refractivity contribution in [1.29, 1.82) is 1.43 Å². The molecule has 2 aliphatic carbocycles. The maximum absolute atomic E-state index is 13.4. The lowest BCUT2D eigenvalue weighted by atomic mass is 9.49. The van der Waals surface area contributed by atoms with Crippen molar-refractivity contribution < 1.29 is 37.2 Å². The Morgan fingerprint density at radius 1 is 1.65 bits per heavy atom. The molecule has 1 spiro atoms. The largest absolute Gasteiger partial charge is 0.493 e. The fraction of sp³-hybridized carbons (Fsp3) is 0.611. The lowest BCUT2D eigenvalue weighted by molar-refractivity contribution is -0.185. The highest BCUT2D eigenvalue weighted by atomic mass is 16.5. The number of carbonyl (C=O) groups is 1. The third-order valence-electron chi connectivity index (χ3n) is 5.31. The van der Waals surface area contributed by atoms with E-state index in [2.05, 4.69) is 0 Å². The average Bonchev–Trinajstić information content (AvgIpc) is 3.06. The number of likely N-dealkylation sites (tertiary alicyclic amines) is 1. The first-order chi connectivity index (χ1) is 16.7. The molecule has 2 fully saturated rings. The van der Waals surface area contributed by atoms with Crippen molar-refractivity contribution in [3.63, 3.8) is 0 Å². The molecule has 2 heterocycles. The van der Waals surface area contributed by atoms with Crippen LogP contribution in [0.3, 0.4) is 0 Å². The topological polar surface area (TPSA) is 59.0 Å². The number of Topliss-reactive ketones (excluding diaryl/α,β-unsaturated/α-hetero) is 1. The number of benzene rings is 1. The van der Waals surface area contributed by atoms with Crippen LogP contribution in [0.5, 0.6) is 11.5 Å². The number of ether oxygens (including phenoxy) is 2. The van der Waals surface area contributed by atoms with Crippen molar-refractivity contribution in [3.8, 4) is 11.5 Å². The standard InChI is InChI=1S/C18H21NO4/c1-19-8-7-17-14-10-3-4-12(22-2)15(14)23-16(17)11(20)5-6-18(17,21)13(19)9-10/h3-4,13,16,21H,5-9H2,1-2H3/t13-,16?,17+,18-/m1/s1/i1D3,2D3,3D,4D,5D2,9D2,13D,21D. The smallest absolute Gasteiger partial charge is 0.211 e. The molecule has 5 nitrogen and oxygen atoms in total. The Balaban J connectivity index is 2.01. The van der Waals surface area contributed by atoms with Crippen LogP contribution in [0.15, 0.2) is 12.1 Å². The van der Waals surface area contributed by atoms with Gasteiger partial charge in [0.2, 0.25) is 1.43 Å². The third-order valence-corrected chi connectivity index (χ3v) is 5.31. The van der Waals surface area contributed by atoms with Gasteiger partial charge in [0.05, 0.1) is 26.3 Å². The Morgan fingerprint density at radius 3 is 3.43 bits per heavy atom. The number of piperidine rings is 1. The number of hydrogen-bond donors (Lipinski definition) is 1. The maximum atomic E-state index is 13.4. The molecule has 0 aromatic heterocycles. The summed E-state index contributed by atoms with van der Waals surface area (Å²) in [6.45, 7) is -3.69. The van der Waals surface area contributed by atoms with Crippen molar-refractivity contribution >= 4 is 5.78 Å². The van der Waals surface area contributed by atoms with Gasteiger partial charge in [0.1, 0.15) is 0 Å². The number of nitrogens with zero attached hydrogens (tertiary/aromatic N) is 1. The molecule has 4 aliphatic rings. The first-order valence-electron chi connectivity index (χ1n) is 14.1. The normalized spacial score (nSPS) is 58.1. The molecule has 2 aliphatic heterocycles. The third kappa shape index (κ3) is 1.32. The van der Waals surface area contributed by atoms with Gasteiger partial charge in [-0.25, -0.2) is 0 Å². The number of likely N-dealkylation sites (N-methyl/N-ethyl adjacent to an activating group) is 1. The molecule has 1 N–H and O–H groups in total. The van der Waals surface area contributed by atoms with Crippen molar-refractivity contribution in [2.45, 2.75) is 48.7 Å². The molecule has 5 rings (SSSR count). The van der Waals surface area contributed by atoms with Crippen LogP contribution < -0.4 is 9.47 Å². The van der Waals surface area contributed by atoms with Crippen LogP contribution in [0.1, 0.15) is 48.2 Å². The van der Waals surface area contributed by atoms with Crippen LogP contribution in [0.2, 0.25) is 0 Å². The van der Waals surface area contributed by atoms with Crippen LogP contribution in [-0.4, -0.2) is 55.5 Å². The van der Waals surface area contributed by atoms with Gasteiger partial charge in [0, 0.05) is 27.5 Å². The molecule has 5 heteroatoms. The predicted molar refractivity (Wildman–Crippen MR) is 83.0 cm³/mol. The van der Waals surface area contributed by atoms with Crippen molar-refractivity contribution in [1.82, 2.24) is 4.90 Å². The highest BCUT2D eigenvalue weighted by molar-refractivity contribution is 5.90. The van der Waals surface area contributed by atoms with E-state index in [1.165, 1.54) is 0 Å². The van der Waals surface area contributed by atoms with Crippen LogP contribution in [0.4, 0.5) is 0 Å². The fourth-order valence-corrected chi connectivity index (χ4v) is 4.33. The second-order valence-corrected chi connectivity index (χ2v) is 6.15. The Labute approximate surface area is 154 Å². The molecular formula is C18H21NO4. The summed E-state index contributed by atoms with van der Waals surface area (Å²) in [7, 11) is -3.17. The lowest BCUT2D eigenvalue weighted by Crippen LogP contribution is -2.76. The van der Waals surface area contributed by atoms with E-state index in [0.717, 1.165) is 0 Å². The predicted octanol–water partition coefficient (Wildman–Crippen LogP) is 1.05. The van der Waals surface area contributed by atoms with Gasteiger partial charge >= 0.3 is 0 Å². The van der Waals surface area contributed by atoms with Gasteiger partial charge in [-0.3, -0.25) is 4.79 Å². The van der Waals surface area contributed by atoms with Crippen LogP contribution in [0, 0.1) is 0 Å². The first kappa shape index (κ1) is 5.74. The van der Waals surface area contributed by atoms with Gasteiger partial charge in [-0.05, 0) is 44.3 Å². The summed E-state index contributed by atoms with van der Waals surface area (Å²) in [6, 6.07) is -4.99. The Hall–Kier alpha value is -1.59. The number of carbonyl (C=O) groups excluding carboxylic acids is 1. The SMILES string of the molecule is [2H]O[C@@]12CC([2H])([2H])C(=O)C3Oc4c(OC([2H])([2H])[2H])c([2H])c([2H])c5c4[C@@]31CCN(C([2H])([2H])[2H])[C@]2([2H])C5([2H])[2H]. The van der Waals surface area contributed by atoms with Gasteiger partial charge < -0.3 is 19.5 Å². The highest BCUT2D eigenvalue weighted by Crippen LogP contribution is 2.64. The first-order valence-corrected chi connectivity index (χ1v) is 7.16. The summed E-state index contributed by atoms with van der Waals surface area (Å²) in [6.07, 6.45) is -9.51. The van der Waals surface area contributed by atoms with E-state index in [0.29, 0.717) is 4.90 Å². The summed E-state index contributed by atoms with van der Waals surface area (Å²) >= 11 is 0. The molecule has 1 saturated carbocycles. The lowest BCUT2D eigenvalue weighted by Gasteiger charge is -2.62. The molecule has 4 atom stereocenters. The van der Waals surface area contributed by atoms with Gasteiger partial charge in [0.25, 0.3) is 0 Å². The minimum absolute atomic E-state index is 0.341. The van der Waals surface area contributed by atoms with Gasteiger partial charge in [-0.1, -0.05) is 6.04 Å². The van der Waals surface area contributed by atoms with Gasteiger partial charge in [-0.15, -0.1) is 0 Å². The quantitative estimate of drug-likeness (QED) is 0.879. The zero-order chi connectivity index (χ0) is 27.9. The second-order valence-electron chi connectivity index (χ2n) is 6.15. The molecule has 23 heavy (non-hydrogen) atoms. The van der Waals surface area contributed by atoms with Gasteiger partial charge in [0.15, 0.2) is 23.4 Å². The molecule has 0 amide bonds. The number of hydrogen-bond acceptors (Lipinski definition) is 5. The Kier molecular flexibility index (Phi) is 1.02. The molecule has 0 radical (unpaired) electrons. The molecular weight excluding hydrogens is 294 g/mol. The van der Waals surface area contributed by atoms with E-state index in [1.807, 2.05) is 0 Å². The molecule has 1 aromatic rings. The van der Waals surface area contributed by atoms with E-state index in [9.17, 15) is 6.17 Å². The van der Waals surface area contributed by atoms with E-state index >= 15 is 0 Å². The van der Waals surface area contributed by atoms with Crippen LogP contribution in [0.25, 0.3) is 0 Å². The molecule has 1 aromatic carbocycles. The molecule has 2 bridgehead atoms. The molecule has 1 unspecified atom stereocenters. The number of aliphatic hydroxyl groups is 1. The zero-order valence-corrected chi connectivity index (χ0v) is 11.8. The van der Waals surface area contributed by atoms with E-state index < -0.39 is 104 Å². The highest BCUT2D eigenvalue weighted by Gasteiger charge is 2.72. The van der Waals surface area contributed by atoms with Crippen molar-refractivity contribution in [3.05, 3.63) is 23.2 Å². The summed E-state index contributed by atoms with van der Waals surface area (Å²) < 4.78 is 127. The Morgan fingerprint density at radius 2 is 2.61 bits per heavy atom. The van der Waals surface area contributed by atoms with E-state index in [1.54, 1.807) is 0 Å². The summed E-state index contributed by atoms with van der Waals surface area (Å²) in [5.74, 6) is -2.59. The second kappa shape index (κ2) is 4.08. The number of methoxy groups -OCH3 is 1. The molecule has 1 saturated heterocycles. The Bertz CT molecular complexity index is 1230.